The van der Waals surface area contributed by atoms with Gasteiger partial charge in [-0.15, -0.1) is 0 Å². The van der Waals surface area contributed by atoms with Crippen molar-refractivity contribution in [2.24, 2.45) is 7.05 Å². The highest BCUT2D eigenvalue weighted by Crippen LogP contribution is 2.21. The SMILES string of the molecule is CCC(CC)N(C)S(=O)(=O)c1cc(CNC(C)C)n(C)c1. The number of nitrogens with one attached hydrogen (secondary N) is 1. The van der Waals surface area contributed by atoms with Crippen LogP contribution in [0.1, 0.15) is 46.2 Å². The van der Waals surface area contributed by atoms with Crippen molar-refractivity contribution in [2.75, 3.05) is 7.05 Å². The van der Waals surface area contributed by atoms with E-state index in [2.05, 4.69) is 19.2 Å². The smallest absolute Gasteiger partial charge is 0.244 e. The molecule has 0 aliphatic heterocycles. The second kappa shape index (κ2) is 7.42. The number of nitrogens with zero attached hydrogens (tertiary/aromatic N) is 2. The lowest BCUT2D eigenvalue weighted by atomic mass is 10.2. The molecule has 122 valence electrons. The van der Waals surface area contributed by atoms with Gasteiger partial charge in [-0.05, 0) is 18.9 Å². The molecule has 0 aromatic carbocycles. The first kappa shape index (κ1) is 18.2. The fraction of sp³-hybridized carbons (Fsp3) is 0.733. The van der Waals surface area contributed by atoms with Crippen LogP contribution in [0, 0.1) is 0 Å². The van der Waals surface area contributed by atoms with Crippen molar-refractivity contribution in [3.8, 4) is 0 Å². The van der Waals surface area contributed by atoms with Gasteiger partial charge < -0.3 is 9.88 Å². The van der Waals surface area contributed by atoms with Gasteiger partial charge in [0.25, 0.3) is 0 Å². The Morgan fingerprint density at radius 1 is 1.29 bits per heavy atom. The summed E-state index contributed by atoms with van der Waals surface area (Å²) in [7, 11) is 0.137. The fourth-order valence-corrected chi connectivity index (χ4v) is 3.97. The van der Waals surface area contributed by atoms with Crippen molar-refractivity contribution in [3.63, 3.8) is 0 Å². The van der Waals surface area contributed by atoms with Crippen molar-refractivity contribution in [2.45, 2.75) is 64.1 Å². The molecule has 0 bridgehead atoms. The predicted octanol–water partition coefficient (Wildman–Crippen LogP) is 2.33. The topological polar surface area (TPSA) is 54.3 Å². The minimum absolute atomic E-state index is 0.0486. The molecule has 0 atom stereocenters. The molecule has 1 N–H and O–H groups in total. The first-order valence-corrected chi connectivity index (χ1v) is 9.04. The summed E-state index contributed by atoms with van der Waals surface area (Å²) >= 11 is 0. The Hall–Kier alpha value is -0.850. The van der Waals surface area contributed by atoms with Crippen LogP contribution in [0.4, 0.5) is 0 Å². The van der Waals surface area contributed by atoms with E-state index in [1.807, 2.05) is 25.5 Å². The van der Waals surface area contributed by atoms with Crippen LogP contribution in [0.15, 0.2) is 17.2 Å². The first-order chi connectivity index (χ1) is 9.73. The zero-order valence-electron chi connectivity index (χ0n) is 14.0. The number of hydrogen-bond acceptors (Lipinski definition) is 3. The molecule has 0 amide bonds. The van der Waals surface area contributed by atoms with E-state index >= 15 is 0 Å². The highest BCUT2D eigenvalue weighted by atomic mass is 32.2. The molecule has 5 nitrogen and oxygen atoms in total. The van der Waals surface area contributed by atoms with Gasteiger partial charge in [0.1, 0.15) is 4.90 Å². The lowest BCUT2D eigenvalue weighted by molar-refractivity contribution is 0.349. The maximum Gasteiger partial charge on any atom is 0.244 e. The van der Waals surface area contributed by atoms with Gasteiger partial charge in [-0.3, -0.25) is 0 Å². The van der Waals surface area contributed by atoms with E-state index in [1.54, 1.807) is 19.3 Å². The maximum atomic E-state index is 12.7. The normalized spacial score (nSPS) is 12.8. The average molecular weight is 315 g/mol. The molecule has 1 heterocycles. The van der Waals surface area contributed by atoms with E-state index in [1.165, 1.54) is 4.31 Å². The largest absolute Gasteiger partial charge is 0.352 e. The monoisotopic (exact) mass is 315 g/mol. The van der Waals surface area contributed by atoms with Gasteiger partial charge >= 0.3 is 0 Å². The van der Waals surface area contributed by atoms with Crippen LogP contribution < -0.4 is 5.32 Å². The molecule has 0 unspecified atom stereocenters. The van der Waals surface area contributed by atoms with Crippen molar-refractivity contribution in [3.05, 3.63) is 18.0 Å². The van der Waals surface area contributed by atoms with E-state index in [0.29, 0.717) is 17.5 Å². The van der Waals surface area contributed by atoms with Gasteiger partial charge in [-0.1, -0.05) is 27.7 Å². The minimum atomic E-state index is -3.42. The Morgan fingerprint density at radius 3 is 2.33 bits per heavy atom. The van der Waals surface area contributed by atoms with Crippen LogP contribution in [0.2, 0.25) is 0 Å². The predicted molar refractivity (Wildman–Crippen MR) is 86.7 cm³/mol. The van der Waals surface area contributed by atoms with Crippen molar-refractivity contribution in [1.29, 1.82) is 0 Å². The molecule has 1 aromatic rings. The molecule has 0 spiro atoms. The number of aryl methyl sites for hydroxylation is 1. The lowest BCUT2D eigenvalue weighted by Crippen LogP contribution is -2.36. The van der Waals surface area contributed by atoms with E-state index in [9.17, 15) is 8.42 Å². The number of rotatable bonds is 8. The van der Waals surface area contributed by atoms with Gasteiger partial charge in [-0.2, -0.15) is 4.31 Å². The van der Waals surface area contributed by atoms with Crippen LogP contribution in [-0.4, -0.2) is 36.4 Å². The van der Waals surface area contributed by atoms with Crippen molar-refractivity contribution >= 4 is 10.0 Å². The molecule has 0 aliphatic rings. The summed E-state index contributed by atoms with van der Waals surface area (Å²) in [5.41, 5.74) is 0.972. The van der Waals surface area contributed by atoms with Crippen LogP contribution in [-0.2, 0) is 23.6 Å². The highest BCUT2D eigenvalue weighted by molar-refractivity contribution is 7.89. The van der Waals surface area contributed by atoms with Gasteiger partial charge in [0.05, 0.1) is 0 Å². The summed E-state index contributed by atoms with van der Waals surface area (Å²) in [6.45, 7) is 8.84. The van der Waals surface area contributed by atoms with Crippen LogP contribution in [0.3, 0.4) is 0 Å². The molecule has 21 heavy (non-hydrogen) atoms. The van der Waals surface area contributed by atoms with Crippen LogP contribution in [0.5, 0.6) is 0 Å². The molecule has 0 fully saturated rings. The second-order valence-electron chi connectivity index (χ2n) is 5.81. The van der Waals surface area contributed by atoms with Crippen molar-refractivity contribution < 1.29 is 8.42 Å². The Kier molecular flexibility index (Phi) is 6.43. The molecule has 0 saturated carbocycles. The molecular weight excluding hydrogens is 286 g/mol. The third-order valence-corrected chi connectivity index (χ3v) is 5.78. The molecule has 6 heteroatoms. The highest BCUT2D eigenvalue weighted by Gasteiger charge is 2.27. The molecule has 1 rings (SSSR count). The van der Waals surface area contributed by atoms with E-state index in [0.717, 1.165) is 18.5 Å². The number of sulfonamides is 1. The standard InChI is InChI=1S/C15H29N3O2S/c1-7-13(8-2)18(6)21(19,20)15-9-14(17(5)11-15)10-16-12(3)4/h9,11-13,16H,7-8,10H2,1-6H3. The minimum Gasteiger partial charge on any atom is -0.352 e. The third-order valence-electron chi connectivity index (χ3n) is 3.91. The molecule has 1 aromatic heterocycles. The van der Waals surface area contributed by atoms with Gasteiger partial charge in [0, 0.05) is 44.6 Å². The van der Waals surface area contributed by atoms with Gasteiger partial charge in [0.2, 0.25) is 10.0 Å². The number of aromatic nitrogens is 1. The van der Waals surface area contributed by atoms with Crippen LogP contribution >= 0.6 is 0 Å². The quantitative estimate of drug-likeness (QED) is 0.801. The van der Waals surface area contributed by atoms with Crippen molar-refractivity contribution in [1.82, 2.24) is 14.2 Å². The summed E-state index contributed by atoms with van der Waals surface area (Å²) in [5.74, 6) is 0. The zero-order chi connectivity index (χ0) is 16.2. The first-order valence-electron chi connectivity index (χ1n) is 7.60. The summed E-state index contributed by atoms with van der Waals surface area (Å²) in [6, 6.07) is 2.18. The van der Waals surface area contributed by atoms with E-state index < -0.39 is 10.0 Å². The third kappa shape index (κ3) is 4.31. The Bertz CT molecular complexity index is 545. The summed E-state index contributed by atoms with van der Waals surface area (Å²) in [6.07, 6.45) is 3.34. The van der Waals surface area contributed by atoms with Gasteiger partial charge in [-0.25, -0.2) is 8.42 Å². The lowest BCUT2D eigenvalue weighted by Gasteiger charge is -2.24. The fourth-order valence-electron chi connectivity index (χ4n) is 2.37. The summed E-state index contributed by atoms with van der Waals surface area (Å²) in [5, 5.41) is 3.31. The molecule has 0 saturated heterocycles. The second-order valence-corrected chi connectivity index (χ2v) is 7.80. The van der Waals surface area contributed by atoms with Crippen LogP contribution in [0.25, 0.3) is 0 Å². The zero-order valence-corrected chi connectivity index (χ0v) is 14.9. The Morgan fingerprint density at radius 2 is 1.86 bits per heavy atom. The molecule has 0 aliphatic carbocycles. The average Bonchev–Trinajstić information content (AvgIpc) is 2.79. The Balaban J connectivity index is 3.01. The van der Waals surface area contributed by atoms with E-state index in [-0.39, 0.29) is 6.04 Å². The summed E-state index contributed by atoms with van der Waals surface area (Å²) < 4.78 is 28.8. The molecular formula is C15H29N3O2S. The maximum absolute atomic E-state index is 12.7. The van der Waals surface area contributed by atoms with E-state index in [4.69, 9.17) is 0 Å². The summed E-state index contributed by atoms with van der Waals surface area (Å²) in [4.78, 5) is 0.375. The van der Waals surface area contributed by atoms with Gasteiger partial charge in [0.15, 0.2) is 0 Å². The molecule has 0 radical (unpaired) electrons. The number of hydrogen-bond donors (Lipinski definition) is 1. The Labute approximate surface area is 129 Å².